The van der Waals surface area contributed by atoms with Crippen LogP contribution in [0.5, 0.6) is 0 Å². The first-order valence-electron chi connectivity index (χ1n) is 8.18. The van der Waals surface area contributed by atoms with Crippen molar-refractivity contribution >= 4 is 17.4 Å². The van der Waals surface area contributed by atoms with Crippen molar-refractivity contribution in [3.8, 4) is 0 Å². The van der Waals surface area contributed by atoms with Gasteiger partial charge in [0.25, 0.3) is 0 Å². The quantitative estimate of drug-likeness (QED) is 0.909. The first-order valence-corrected chi connectivity index (χ1v) is 8.18. The predicted molar refractivity (Wildman–Crippen MR) is 95.0 cm³/mol. The number of aryl methyl sites for hydroxylation is 1. The standard InChI is InChI=1S/C19H22FN3O/c1-14-4-3-5-18(12-14)23-11-10-22(13-15(23)2)19(24)21-17-8-6-16(20)7-9-17/h3-9,12,15H,10-11,13H2,1-2H3,(H,21,24)/t15-/m0/s1. The van der Waals surface area contributed by atoms with Crippen LogP contribution in [0.25, 0.3) is 0 Å². The van der Waals surface area contributed by atoms with Gasteiger partial charge in [0.05, 0.1) is 0 Å². The lowest BCUT2D eigenvalue weighted by atomic mass is 10.1. The molecule has 1 aliphatic heterocycles. The van der Waals surface area contributed by atoms with Gasteiger partial charge in [-0.3, -0.25) is 0 Å². The molecule has 0 aliphatic carbocycles. The molecule has 5 heteroatoms. The average molecular weight is 327 g/mol. The summed E-state index contributed by atoms with van der Waals surface area (Å²) in [5.74, 6) is -0.312. The van der Waals surface area contributed by atoms with Gasteiger partial charge in [-0.2, -0.15) is 0 Å². The lowest BCUT2D eigenvalue weighted by Gasteiger charge is -2.41. The van der Waals surface area contributed by atoms with Gasteiger partial charge in [-0.05, 0) is 55.8 Å². The van der Waals surface area contributed by atoms with E-state index in [0.717, 1.165) is 6.54 Å². The molecule has 4 nitrogen and oxygen atoms in total. The number of anilines is 2. The molecule has 1 atom stereocenters. The third-order valence-electron chi connectivity index (χ3n) is 4.34. The third kappa shape index (κ3) is 3.67. The van der Waals surface area contributed by atoms with Gasteiger partial charge in [0.1, 0.15) is 5.82 Å². The van der Waals surface area contributed by atoms with Crippen molar-refractivity contribution in [3.05, 3.63) is 59.9 Å². The molecule has 2 aromatic rings. The van der Waals surface area contributed by atoms with Crippen molar-refractivity contribution < 1.29 is 9.18 Å². The van der Waals surface area contributed by atoms with E-state index in [4.69, 9.17) is 0 Å². The summed E-state index contributed by atoms with van der Waals surface area (Å²) in [5, 5.41) is 2.82. The summed E-state index contributed by atoms with van der Waals surface area (Å²) in [6.45, 7) is 6.31. The summed E-state index contributed by atoms with van der Waals surface area (Å²) in [6.07, 6.45) is 0. The SMILES string of the molecule is Cc1cccc(N2CCN(C(=O)Nc3ccc(F)cc3)C[C@@H]2C)c1. The van der Waals surface area contributed by atoms with Crippen LogP contribution in [0.3, 0.4) is 0 Å². The highest BCUT2D eigenvalue weighted by Crippen LogP contribution is 2.22. The van der Waals surface area contributed by atoms with Crippen molar-refractivity contribution in [3.63, 3.8) is 0 Å². The molecule has 2 aromatic carbocycles. The topological polar surface area (TPSA) is 35.6 Å². The van der Waals surface area contributed by atoms with E-state index in [2.05, 4.69) is 48.3 Å². The van der Waals surface area contributed by atoms with Gasteiger partial charge < -0.3 is 15.1 Å². The Hall–Kier alpha value is -2.56. The predicted octanol–water partition coefficient (Wildman–Crippen LogP) is 3.88. The van der Waals surface area contributed by atoms with Gasteiger partial charge in [0.15, 0.2) is 0 Å². The number of nitrogens with zero attached hydrogens (tertiary/aromatic N) is 2. The third-order valence-corrected chi connectivity index (χ3v) is 4.34. The number of amides is 2. The molecule has 1 fully saturated rings. The number of benzene rings is 2. The number of carbonyl (C=O) groups excluding carboxylic acids is 1. The van der Waals surface area contributed by atoms with E-state index in [1.807, 2.05) is 0 Å². The fourth-order valence-electron chi connectivity index (χ4n) is 3.07. The van der Waals surface area contributed by atoms with Gasteiger partial charge in [0.2, 0.25) is 0 Å². The Morgan fingerprint density at radius 2 is 1.92 bits per heavy atom. The first kappa shape index (κ1) is 16.3. The molecule has 1 saturated heterocycles. The maximum absolute atomic E-state index is 12.9. The summed E-state index contributed by atoms with van der Waals surface area (Å²) < 4.78 is 12.9. The average Bonchev–Trinajstić information content (AvgIpc) is 2.57. The highest BCUT2D eigenvalue weighted by molar-refractivity contribution is 5.89. The van der Waals surface area contributed by atoms with Crippen LogP contribution < -0.4 is 10.2 Å². The molecule has 24 heavy (non-hydrogen) atoms. The molecule has 1 N–H and O–H groups in total. The van der Waals surface area contributed by atoms with Crippen molar-refractivity contribution in [2.24, 2.45) is 0 Å². The van der Waals surface area contributed by atoms with Gasteiger partial charge in [-0.1, -0.05) is 12.1 Å². The molecule has 2 amide bonds. The zero-order valence-corrected chi connectivity index (χ0v) is 14.0. The van der Waals surface area contributed by atoms with E-state index in [-0.39, 0.29) is 17.9 Å². The lowest BCUT2D eigenvalue weighted by Crippen LogP contribution is -2.54. The fraction of sp³-hybridized carbons (Fsp3) is 0.316. The maximum Gasteiger partial charge on any atom is 0.321 e. The van der Waals surface area contributed by atoms with E-state index >= 15 is 0 Å². The summed E-state index contributed by atoms with van der Waals surface area (Å²) >= 11 is 0. The van der Waals surface area contributed by atoms with Crippen LogP contribution in [0.4, 0.5) is 20.6 Å². The molecule has 0 saturated carbocycles. The summed E-state index contributed by atoms with van der Waals surface area (Å²) in [6, 6.07) is 14.3. The molecule has 0 spiro atoms. The number of hydrogen-bond acceptors (Lipinski definition) is 2. The van der Waals surface area contributed by atoms with Crippen LogP contribution in [0.2, 0.25) is 0 Å². The molecule has 3 rings (SSSR count). The molecule has 1 heterocycles. The number of piperazine rings is 1. The van der Waals surface area contributed by atoms with Crippen molar-refractivity contribution in [1.29, 1.82) is 0 Å². The van der Waals surface area contributed by atoms with Crippen LogP contribution in [0.15, 0.2) is 48.5 Å². The van der Waals surface area contributed by atoms with Crippen LogP contribution in [0, 0.1) is 12.7 Å². The largest absolute Gasteiger partial charge is 0.365 e. The van der Waals surface area contributed by atoms with E-state index in [1.165, 1.54) is 23.4 Å². The Morgan fingerprint density at radius 3 is 2.58 bits per heavy atom. The Morgan fingerprint density at radius 1 is 1.17 bits per heavy atom. The smallest absolute Gasteiger partial charge is 0.321 e. The Balaban J connectivity index is 1.62. The highest BCUT2D eigenvalue weighted by Gasteiger charge is 2.26. The normalized spacial score (nSPS) is 17.7. The van der Waals surface area contributed by atoms with E-state index in [1.54, 1.807) is 17.0 Å². The minimum atomic E-state index is -0.312. The minimum absolute atomic E-state index is 0.141. The number of nitrogens with one attached hydrogen (secondary N) is 1. The van der Waals surface area contributed by atoms with E-state index in [9.17, 15) is 9.18 Å². The number of urea groups is 1. The number of carbonyl (C=O) groups is 1. The van der Waals surface area contributed by atoms with Gasteiger partial charge in [-0.25, -0.2) is 9.18 Å². The number of hydrogen-bond donors (Lipinski definition) is 1. The second kappa shape index (κ2) is 6.91. The first-order chi connectivity index (χ1) is 11.5. The van der Waals surface area contributed by atoms with Gasteiger partial charge >= 0.3 is 6.03 Å². The molecule has 126 valence electrons. The lowest BCUT2D eigenvalue weighted by molar-refractivity contribution is 0.200. The minimum Gasteiger partial charge on any atom is -0.365 e. The van der Waals surface area contributed by atoms with Crippen molar-refractivity contribution in [2.45, 2.75) is 19.9 Å². The molecule has 0 bridgehead atoms. The Kier molecular flexibility index (Phi) is 4.69. The highest BCUT2D eigenvalue weighted by atomic mass is 19.1. The molecule has 1 aliphatic rings. The second-order valence-electron chi connectivity index (χ2n) is 6.26. The molecule has 0 unspecified atom stereocenters. The molecule has 0 aromatic heterocycles. The van der Waals surface area contributed by atoms with E-state index < -0.39 is 0 Å². The zero-order valence-electron chi connectivity index (χ0n) is 14.0. The summed E-state index contributed by atoms with van der Waals surface area (Å²) in [7, 11) is 0. The van der Waals surface area contributed by atoms with Crippen molar-refractivity contribution in [1.82, 2.24) is 4.90 Å². The van der Waals surface area contributed by atoms with Gasteiger partial charge in [0, 0.05) is 37.1 Å². The summed E-state index contributed by atoms with van der Waals surface area (Å²) in [5.41, 5.74) is 3.03. The van der Waals surface area contributed by atoms with Crippen LogP contribution in [-0.4, -0.2) is 36.6 Å². The summed E-state index contributed by atoms with van der Waals surface area (Å²) in [4.78, 5) is 16.5. The van der Waals surface area contributed by atoms with E-state index in [0.29, 0.717) is 18.8 Å². The Labute approximate surface area is 141 Å². The molecular weight excluding hydrogens is 305 g/mol. The maximum atomic E-state index is 12.9. The number of rotatable bonds is 2. The molecular formula is C19H22FN3O. The Bertz CT molecular complexity index is 717. The zero-order chi connectivity index (χ0) is 17.1. The fourth-order valence-corrected chi connectivity index (χ4v) is 3.07. The molecule has 0 radical (unpaired) electrons. The van der Waals surface area contributed by atoms with Crippen LogP contribution >= 0.6 is 0 Å². The second-order valence-corrected chi connectivity index (χ2v) is 6.26. The number of halogens is 1. The van der Waals surface area contributed by atoms with Crippen molar-refractivity contribution in [2.75, 3.05) is 29.9 Å². The monoisotopic (exact) mass is 327 g/mol. The van der Waals surface area contributed by atoms with Crippen LogP contribution in [0.1, 0.15) is 12.5 Å². The van der Waals surface area contributed by atoms with Crippen LogP contribution in [-0.2, 0) is 0 Å². The van der Waals surface area contributed by atoms with Gasteiger partial charge in [-0.15, -0.1) is 0 Å².